The van der Waals surface area contributed by atoms with E-state index >= 15 is 0 Å². The van der Waals surface area contributed by atoms with Gasteiger partial charge in [-0.15, -0.1) is 0 Å². The molecule has 0 spiro atoms. The number of hydrogen-bond donors (Lipinski definition) is 6. The number of ether oxygens (including phenoxy) is 2. The largest absolute Gasteiger partial charge is 0.394 e. The molecule has 0 radical (unpaired) electrons. The molecule has 1 aliphatic rings. The van der Waals surface area contributed by atoms with E-state index in [-0.39, 0.29) is 12.5 Å². The number of aliphatic hydroxyl groups is 5. The van der Waals surface area contributed by atoms with Crippen molar-refractivity contribution >= 4 is 5.91 Å². The summed E-state index contributed by atoms with van der Waals surface area (Å²) in [4.78, 5) is 12.9. The van der Waals surface area contributed by atoms with Gasteiger partial charge in [0.2, 0.25) is 5.91 Å². The van der Waals surface area contributed by atoms with Crippen LogP contribution in [0.5, 0.6) is 0 Å². The van der Waals surface area contributed by atoms with E-state index in [2.05, 4.69) is 19.2 Å². The molecule has 1 rings (SSSR count). The van der Waals surface area contributed by atoms with Crippen molar-refractivity contribution in [1.82, 2.24) is 5.32 Å². The Hall–Kier alpha value is -1.07. The van der Waals surface area contributed by atoms with Crippen molar-refractivity contribution in [2.24, 2.45) is 0 Å². The van der Waals surface area contributed by atoms with Crippen LogP contribution in [0.4, 0.5) is 0 Å². The van der Waals surface area contributed by atoms with Crippen LogP contribution in [0.2, 0.25) is 0 Å². The number of amides is 1. The first-order chi connectivity index (χ1) is 25.3. The van der Waals surface area contributed by atoms with Crippen molar-refractivity contribution < 1.29 is 39.8 Å². The van der Waals surface area contributed by atoms with Gasteiger partial charge in [-0.05, 0) is 19.3 Å². The lowest BCUT2D eigenvalue weighted by molar-refractivity contribution is -0.302. The Morgan fingerprint density at radius 1 is 0.635 bits per heavy atom. The Kier molecular flexibility index (Phi) is 32.4. The van der Waals surface area contributed by atoms with Gasteiger partial charge in [0, 0.05) is 6.42 Å². The fraction of sp³-hybridized carbons (Fsp3) is 0.930. The second-order valence-electron chi connectivity index (χ2n) is 15.5. The number of aliphatic hydroxyl groups excluding tert-OH is 5. The van der Waals surface area contributed by atoms with Crippen molar-refractivity contribution in [2.75, 3.05) is 13.2 Å². The Morgan fingerprint density at radius 3 is 1.50 bits per heavy atom. The van der Waals surface area contributed by atoms with Gasteiger partial charge < -0.3 is 40.3 Å². The SMILES string of the molecule is CCCCCCCCC/C=C/[C@@H](O)[C@H](CO[C@@H]1O[C@H](CO)[C@H](O)C(O)C1O)NC(=O)CCCCCCCCCCCCCCCCCCCCCC. The molecule has 1 fully saturated rings. The predicted molar refractivity (Wildman–Crippen MR) is 212 cm³/mol. The van der Waals surface area contributed by atoms with Crippen LogP contribution < -0.4 is 5.32 Å². The first-order valence-electron chi connectivity index (χ1n) is 21.9. The van der Waals surface area contributed by atoms with Crippen LogP contribution in [0.3, 0.4) is 0 Å². The van der Waals surface area contributed by atoms with Gasteiger partial charge in [0.15, 0.2) is 6.29 Å². The molecule has 1 amide bonds. The highest BCUT2D eigenvalue weighted by Crippen LogP contribution is 2.22. The molecule has 0 aromatic rings. The molecule has 1 heterocycles. The third-order valence-electron chi connectivity index (χ3n) is 10.6. The molecule has 0 aliphatic carbocycles. The standard InChI is InChI=1S/C43H83NO8/c1-3-5-7-9-11-13-14-15-16-17-18-19-20-21-22-23-25-27-29-31-33-39(47)44-36(37(46)32-30-28-26-24-12-10-8-6-4-2)35-51-43-42(50)41(49)40(48)38(34-45)52-43/h30,32,36-38,40-43,45-46,48-50H,3-29,31,33-35H2,1-2H3,(H,44,47)/b32-30+/t36-,37+,38+,40-,41?,42?,43+/m0/s1. The molecule has 9 nitrogen and oxygen atoms in total. The fourth-order valence-electron chi connectivity index (χ4n) is 7.04. The maximum Gasteiger partial charge on any atom is 0.220 e. The number of carbonyl (C=O) groups is 1. The normalized spacial score (nSPS) is 21.9. The van der Waals surface area contributed by atoms with E-state index in [0.717, 1.165) is 38.5 Å². The Morgan fingerprint density at radius 2 is 1.06 bits per heavy atom. The summed E-state index contributed by atoms with van der Waals surface area (Å²) in [6.45, 7) is 3.74. The number of rotatable bonds is 36. The lowest BCUT2D eigenvalue weighted by atomic mass is 9.99. The van der Waals surface area contributed by atoms with Gasteiger partial charge in [0.05, 0.1) is 25.4 Å². The first-order valence-corrected chi connectivity index (χ1v) is 21.9. The molecule has 308 valence electrons. The quantitative estimate of drug-likeness (QED) is 0.0277. The molecule has 0 saturated carbocycles. The van der Waals surface area contributed by atoms with E-state index in [9.17, 15) is 30.3 Å². The zero-order chi connectivity index (χ0) is 38.1. The number of hydrogen-bond acceptors (Lipinski definition) is 8. The van der Waals surface area contributed by atoms with Gasteiger partial charge in [-0.2, -0.15) is 0 Å². The summed E-state index contributed by atoms with van der Waals surface area (Å²) in [7, 11) is 0. The molecule has 0 bridgehead atoms. The van der Waals surface area contributed by atoms with E-state index in [4.69, 9.17) is 9.47 Å². The molecule has 1 aliphatic heterocycles. The minimum atomic E-state index is -1.56. The van der Waals surface area contributed by atoms with Crippen LogP contribution in [0.25, 0.3) is 0 Å². The van der Waals surface area contributed by atoms with E-state index < -0.39 is 49.5 Å². The van der Waals surface area contributed by atoms with Gasteiger partial charge in [0.25, 0.3) is 0 Å². The third-order valence-corrected chi connectivity index (χ3v) is 10.6. The lowest BCUT2D eigenvalue weighted by Crippen LogP contribution is -2.60. The first kappa shape index (κ1) is 48.9. The topological polar surface area (TPSA) is 149 Å². The predicted octanol–water partition coefficient (Wildman–Crippen LogP) is 8.56. The zero-order valence-corrected chi connectivity index (χ0v) is 33.6. The van der Waals surface area contributed by atoms with Gasteiger partial charge >= 0.3 is 0 Å². The van der Waals surface area contributed by atoms with Gasteiger partial charge in [-0.25, -0.2) is 0 Å². The summed E-state index contributed by atoms with van der Waals surface area (Å²) < 4.78 is 11.2. The zero-order valence-electron chi connectivity index (χ0n) is 33.6. The molecule has 1 saturated heterocycles. The molecule has 0 aromatic heterocycles. The summed E-state index contributed by atoms with van der Waals surface area (Å²) in [6.07, 6.45) is 31.2. The third kappa shape index (κ3) is 25.1. The molecule has 9 heteroatoms. The Labute approximate surface area is 318 Å². The number of carbonyl (C=O) groups excluding carboxylic acids is 1. The maximum absolute atomic E-state index is 12.9. The minimum absolute atomic E-state index is 0.177. The van der Waals surface area contributed by atoms with E-state index in [1.807, 2.05) is 6.08 Å². The monoisotopic (exact) mass is 742 g/mol. The molecule has 7 atom stereocenters. The highest BCUT2D eigenvalue weighted by molar-refractivity contribution is 5.76. The molecule has 0 aromatic carbocycles. The molecule has 52 heavy (non-hydrogen) atoms. The van der Waals surface area contributed by atoms with Crippen LogP contribution in [-0.4, -0.2) is 87.5 Å². The second-order valence-corrected chi connectivity index (χ2v) is 15.5. The number of allylic oxidation sites excluding steroid dienone is 1. The highest BCUT2D eigenvalue weighted by atomic mass is 16.7. The minimum Gasteiger partial charge on any atom is -0.394 e. The van der Waals surface area contributed by atoms with E-state index in [0.29, 0.717) is 6.42 Å². The smallest absolute Gasteiger partial charge is 0.220 e. The molecule has 2 unspecified atom stereocenters. The Bertz CT molecular complexity index is 827. The lowest BCUT2D eigenvalue weighted by Gasteiger charge is -2.40. The van der Waals surface area contributed by atoms with Crippen molar-refractivity contribution in [1.29, 1.82) is 0 Å². The average molecular weight is 742 g/mol. The van der Waals surface area contributed by atoms with Gasteiger partial charge in [-0.1, -0.05) is 187 Å². The summed E-state index contributed by atoms with van der Waals surface area (Å²) in [5.74, 6) is -0.177. The fourth-order valence-corrected chi connectivity index (χ4v) is 7.04. The van der Waals surface area contributed by atoms with Crippen molar-refractivity contribution in [3.05, 3.63) is 12.2 Å². The van der Waals surface area contributed by atoms with Crippen LogP contribution in [-0.2, 0) is 14.3 Å². The highest BCUT2D eigenvalue weighted by Gasteiger charge is 2.44. The second kappa shape index (κ2) is 34.4. The van der Waals surface area contributed by atoms with Crippen molar-refractivity contribution in [3.63, 3.8) is 0 Å². The average Bonchev–Trinajstić information content (AvgIpc) is 3.14. The van der Waals surface area contributed by atoms with Crippen LogP contribution >= 0.6 is 0 Å². The van der Waals surface area contributed by atoms with Crippen molar-refractivity contribution in [2.45, 2.75) is 243 Å². The molecular weight excluding hydrogens is 658 g/mol. The molecular formula is C43H83NO8. The van der Waals surface area contributed by atoms with Crippen LogP contribution in [0.15, 0.2) is 12.2 Å². The summed E-state index contributed by atoms with van der Waals surface area (Å²) >= 11 is 0. The summed E-state index contributed by atoms with van der Waals surface area (Å²) in [5, 5.41) is 53.9. The van der Waals surface area contributed by atoms with Crippen LogP contribution in [0, 0.1) is 0 Å². The Balaban J connectivity index is 2.28. The maximum atomic E-state index is 12.9. The van der Waals surface area contributed by atoms with Gasteiger partial charge in [0.1, 0.15) is 24.4 Å². The summed E-state index contributed by atoms with van der Waals surface area (Å²) in [5.41, 5.74) is 0. The van der Waals surface area contributed by atoms with E-state index in [1.54, 1.807) is 6.08 Å². The van der Waals surface area contributed by atoms with E-state index in [1.165, 1.54) is 141 Å². The van der Waals surface area contributed by atoms with Crippen LogP contribution in [0.1, 0.15) is 200 Å². The summed E-state index contributed by atoms with van der Waals surface area (Å²) in [6, 6.07) is -0.796. The van der Waals surface area contributed by atoms with Crippen molar-refractivity contribution in [3.8, 4) is 0 Å². The number of nitrogens with one attached hydrogen (secondary N) is 1. The van der Waals surface area contributed by atoms with Gasteiger partial charge in [-0.3, -0.25) is 4.79 Å². The number of unbranched alkanes of at least 4 members (excludes halogenated alkanes) is 26. The molecule has 6 N–H and O–H groups in total.